The van der Waals surface area contributed by atoms with E-state index in [9.17, 15) is 4.79 Å². The number of hydrogen-bond donors (Lipinski definition) is 1. The summed E-state index contributed by atoms with van der Waals surface area (Å²) in [5.41, 5.74) is 0.897. The molecule has 1 aliphatic rings. The molecule has 1 fully saturated rings. The van der Waals surface area contributed by atoms with Gasteiger partial charge < -0.3 is 10.1 Å². The van der Waals surface area contributed by atoms with Crippen LogP contribution < -0.4 is 5.32 Å². The lowest BCUT2D eigenvalue weighted by Crippen LogP contribution is -2.56. The first kappa shape index (κ1) is 17.8. The highest BCUT2D eigenvalue weighted by Gasteiger charge is 2.37. The summed E-state index contributed by atoms with van der Waals surface area (Å²) in [5, 5.41) is 3.06. The molecule has 0 aliphatic carbocycles. The predicted octanol–water partition coefficient (Wildman–Crippen LogP) is 3.81. The molecule has 128 valence electrons. The van der Waals surface area contributed by atoms with Crippen LogP contribution in [0.1, 0.15) is 46.6 Å². The Bertz CT molecular complexity index is 520. The highest BCUT2D eigenvalue weighted by Crippen LogP contribution is 2.30. The lowest BCUT2D eigenvalue weighted by Gasteiger charge is -2.44. The van der Waals surface area contributed by atoms with Gasteiger partial charge in [0.1, 0.15) is 5.60 Å². The molecule has 0 unspecified atom stereocenters. The molecule has 1 amide bonds. The first-order valence-electron chi connectivity index (χ1n) is 8.41. The SMILES string of the molecule is CC(C)(C)OC(=O)N[C@H]1CCN(Cc2ccccc2)CC1(C)C. The predicted molar refractivity (Wildman–Crippen MR) is 93.3 cm³/mol. The average Bonchev–Trinajstić information content (AvgIpc) is 2.40. The van der Waals surface area contributed by atoms with Gasteiger partial charge in [-0.2, -0.15) is 0 Å². The van der Waals surface area contributed by atoms with Gasteiger partial charge in [0.15, 0.2) is 0 Å². The summed E-state index contributed by atoms with van der Waals surface area (Å²) >= 11 is 0. The first-order valence-corrected chi connectivity index (χ1v) is 8.41. The van der Waals surface area contributed by atoms with E-state index < -0.39 is 5.60 Å². The second-order valence-electron chi connectivity index (χ2n) is 8.17. The summed E-state index contributed by atoms with van der Waals surface area (Å²) in [6.45, 7) is 13.0. The van der Waals surface area contributed by atoms with Crippen LogP contribution in [0.15, 0.2) is 30.3 Å². The maximum Gasteiger partial charge on any atom is 0.407 e. The van der Waals surface area contributed by atoms with Gasteiger partial charge in [-0.05, 0) is 38.2 Å². The monoisotopic (exact) mass is 318 g/mol. The Hall–Kier alpha value is -1.55. The van der Waals surface area contributed by atoms with E-state index in [0.717, 1.165) is 26.1 Å². The number of likely N-dealkylation sites (tertiary alicyclic amines) is 1. The topological polar surface area (TPSA) is 41.6 Å². The molecular weight excluding hydrogens is 288 g/mol. The third-order valence-electron chi connectivity index (χ3n) is 4.25. The zero-order valence-electron chi connectivity index (χ0n) is 15.1. The van der Waals surface area contributed by atoms with Crippen molar-refractivity contribution in [1.82, 2.24) is 10.2 Å². The maximum absolute atomic E-state index is 12.0. The summed E-state index contributed by atoms with van der Waals surface area (Å²) in [6.07, 6.45) is 0.631. The number of rotatable bonds is 3. The van der Waals surface area contributed by atoms with Crippen LogP contribution in [0.5, 0.6) is 0 Å². The smallest absolute Gasteiger partial charge is 0.407 e. The Morgan fingerprint density at radius 3 is 2.52 bits per heavy atom. The molecule has 0 aromatic heterocycles. The van der Waals surface area contributed by atoms with Gasteiger partial charge in [-0.1, -0.05) is 44.2 Å². The van der Waals surface area contributed by atoms with Gasteiger partial charge in [0.2, 0.25) is 0 Å². The molecule has 0 radical (unpaired) electrons. The lowest BCUT2D eigenvalue weighted by atomic mass is 9.79. The number of carbonyl (C=O) groups is 1. The van der Waals surface area contributed by atoms with Crippen molar-refractivity contribution in [1.29, 1.82) is 0 Å². The Kier molecular flexibility index (Phi) is 5.35. The fourth-order valence-electron chi connectivity index (χ4n) is 3.16. The zero-order valence-corrected chi connectivity index (χ0v) is 15.1. The summed E-state index contributed by atoms with van der Waals surface area (Å²) in [7, 11) is 0. The van der Waals surface area contributed by atoms with Gasteiger partial charge >= 0.3 is 6.09 Å². The third kappa shape index (κ3) is 5.54. The Morgan fingerprint density at radius 1 is 1.30 bits per heavy atom. The second-order valence-corrected chi connectivity index (χ2v) is 8.17. The van der Waals surface area contributed by atoms with Crippen LogP contribution in [0.4, 0.5) is 4.79 Å². The molecule has 4 heteroatoms. The highest BCUT2D eigenvalue weighted by atomic mass is 16.6. The summed E-state index contributed by atoms with van der Waals surface area (Å²) in [4.78, 5) is 14.5. The van der Waals surface area contributed by atoms with Gasteiger partial charge in [0.25, 0.3) is 0 Å². The van der Waals surface area contributed by atoms with E-state index in [1.807, 2.05) is 26.8 Å². The van der Waals surface area contributed by atoms with Crippen molar-refractivity contribution < 1.29 is 9.53 Å². The summed E-state index contributed by atoms with van der Waals surface area (Å²) in [5.74, 6) is 0. The third-order valence-corrected chi connectivity index (χ3v) is 4.25. The van der Waals surface area contributed by atoms with E-state index in [1.54, 1.807) is 0 Å². The molecule has 1 aromatic carbocycles. The van der Waals surface area contributed by atoms with Crippen molar-refractivity contribution in [3.63, 3.8) is 0 Å². The van der Waals surface area contributed by atoms with Crippen molar-refractivity contribution in [3.05, 3.63) is 35.9 Å². The molecule has 1 saturated heterocycles. The summed E-state index contributed by atoms with van der Waals surface area (Å²) < 4.78 is 5.39. The number of alkyl carbamates (subject to hydrolysis) is 1. The molecule has 2 rings (SSSR count). The Labute approximate surface area is 140 Å². The molecule has 4 nitrogen and oxygen atoms in total. The largest absolute Gasteiger partial charge is 0.444 e. The van der Waals surface area contributed by atoms with E-state index in [0.29, 0.717) is 0 Å². The molecular formula is C19H30N2O2. The number of carbonyl (C=O) groups excluding carboxylic acids is 1. The van der Waals surface area contributed by atoms with Crippen molar-refractivity contribution in [3.8, 4) is 0 Å². The maximum atomic E-state index is 12.0. The van der Waals surface area contributed by atoms with Crippen LogP contribution in [0.3, 0.4) is 0 Å². The number of amides is 1. The number of piperidine rings is 1. The molecule has 23 heavy (non-hydrogen) atoms. The van der Waals surface area contributed by atoms with Crippen LogP contribution in [0, 0.1) is 5.41 Å². The van der Waals surface area contributed by atoms with E-state index >= 15 is 0 Å². The normalized spacial score (nSPS) is 21.7. The summed E-state index contributed by atoms with van der Waals surface area (Å²) in [6, 6.07) is 10.7. The average molecular weight is 318 g/mol. The molecule has 0 saturated carbocycles. The Balaban J connectivity index is 1.91. The minimum Gasteiger partial charge on any atom is -0.444 e. The van der Waals surface area contributed by atoms with E-state index in [-0.39, 0.29) is 17.6 Å². The molecule has 1 heterocycles. The number of ether oxygens (including phenoxy) is 1. The number of benzene rings is 1. The van der Waals surface area contributed by atoms with Gasteiger partial charge in [0, 0.05) is 25.7 Å². The van der Waals surface area contributed by atoms with Crippen LogP contribution in [0.25, 0.3) is 0 Å². The van der Waals surface area contributed by atoms with E-state index in [4.69, 9.17) is 4.74 Å². The fourth-order valence-corrected chi connectivity index (χ4v) is 3.16. The van der Waals surface area contributed by atoms with Crippen molar-refractivity contribution >= 4 is 6.09 Å². The van der Waals surface area contributed by atoms with Crippen LogP contribution in [0.2, 0.25) is 0 Å². The standard InChI is InChI=1S/C19H30N2O2/c1-18(2,3)23-17(22)20-16-11-12-21(14-19(16,4)5)13-15-9-7-6-8-10-15/h6-10,16H,11-14H2,1-5H3,(H,20,22)/t16-/m0/s1. The van der Waals surface area contributed by atoms with Crippen LogP contribution >= 0.6 is 0 Å². The molecule has 1 N–H and O–H groups in total. The zero-order chi connectivity index (χ0) is 17.1. The van der Waals surface area contributed by atoms with Crippen LogP contribution in [-0.4, -0.2) is 35.7 Å². The first-order chi connectivity index (χ1) is 10.7. The van der Waals surface area contributed by atoms with Crippen molar-refractivity contribution in [2.45, 2.75) is 59.2 Å². The quantitative estimate of drug-likeness (QED) is 0.921. The number of hydrogen-bond acceptors (Lipinski definition) is 3. The molecule has 1 aliphatic heterocycles. The van der Waals surface area contributed by atoms with Crippen LogP contribution in [-0.2, 0) is 11.3 Å². The Morgan fingerprint density at radius 2 is 1.96 bits per heavy atom. The molecule has 0 bridgehead atoms. The van der Waals surface area contributed by atoms with Gasteiger partial charge in [-0.15, -0.1) is 0 Å². The molecule has 1 atom stereocenters. The van der Waals surface area contributed by atoms with Gasteiger partial charge in [-0.25, -0.2) is 4.79 Å². The highest BCUT2D eigenvalue weighted by molar-refractivity contribution is 5.68. The molecule has 1 aromatic rings. The minimum absolute atomic E-state index is 0.0178. The van der Waals surface area contributed by atoms with Gasteiger partial charge in [0.05, 0.1) is 0 Å². The van der Waals surface area contributed by atoms with Crippen molar-refractivity contribution in [2.75, 3.05) is 13.1 Å². The minimum atomic E-state index is -0.456. The second kappa shape index (κ2) is 6.91. The number of nitrogens with one attached hydrogen (secondary N) is 1. The lowest BCUT2D eigenvalue weighted by molar-refractivity contribution is 0.0312. The van der Waals surface area contributed by atoms with Gasteiger partial charge in [-0.3, -0.25) is 4.90 Å². The van der Waals surface area contributed by atoms with Crippen molar-refractivity contribution in [2.24, 2.45) is 5.41 Å². The van der Waals surface area contributed by atoms with E-state index in [2.05, 4.69) is 48.3 Å². The van der Waals surface area contributed by atoms with E-state index in [1.165, 1.54) is 5.56 Å². The number of nitrogens with zero attached hydrogens (tertiary/aromatic N) is 1. The molecule has 0 spiro atoms. The fraction of sp³-hybridized carbons (Fsp3) is 0.632.